The molecule has 2 aliphatic heterocycles. The molecule has 3 heterocycles. The summed E-state index contributed by atoms with van der Waals surface area (Å²) in [6, 6.07) is 7.74. The third kappa shape index (κ3) is 4.76. The van der Waals surface area contributed by atoms with Crippen molar-refractivity contribution in [2.45, 2.75) is 25.8 Å². The highest BCUT2D eigenvalue weighted by atomic mass is 19.1. The molecule has 4 rings (SSSR count). The molecule has 8 nitrogen and oxygen atoms in total. The lowest BCUT2D eigenvalue weighted by Crippen LogP contribution is -2.55. The second-order valence-electron chi connectivity index (χ2n) is 8.19. The van der Waals surface area contributed by atoms with Crippen LogP contribution in [0.5, 0.6) is 0 Å². The van der Waals surface area contributed by atoms with Crippen LogP contribution in [0.4, 0.5) is 14.9 Å². The molecule has 0 saturated carbocycles. The highest BCUT2D eigenvalue weighted by molar-refractivity contribution is 5.94. The predicted molar refractivity (Wildman–Crippen MR) is 116 cm³/mol. The molecule has 9 heteroatoms. The van der Waals surface area contributed by atoms with E-state index in [0.717, 1.165) is 0 Å². The Morgan fingerprint density at radius 1 is 1.00 bits per heavy atom. The second-order valence-corrected chi connectivity index (χ2v) is 8.19. The van der Waals surface area contributed by atoms with Gasteiger partial charge in [-0.3, -0.25) is 9.59 Å². The number of likely N-dealkylation sites (tertiary alicyclic amines) is 1. The third-order valence-corrected chi connectivity index (χ3v) is 6.10. The first kappa shape index (κ1) is 21.9. The lowest BCUT2D eigenvalue weighted by Gasteiger charge is -2.38. The largest absolute Gasteiger partial charge is 0.459 e. The first-order chi connectivity index (χ1) is 15.4. The zero-order valence-electron chi connectivity index (χ0n) is 18.1. The van der Waals surface area contributed by atoms with Crippen molar-refractivity contribution in [1.82, 2.24) is 15.1 Å². The van der Waals surface area contributed by atoms with Gasteiger partial charge in [-0.05, 0) is 50.1 Å². The van der Waals surface area contributed by atoms with Gasteiger partial charge in [0.1, 0.15) is 5.82 Å². The fourth-order valence-corrected chi connectivity index (χ4v) is 4.18. The highest BCUT2D eigenvalue weighted by Crippen LogP contribution is 2.22. The Balaban J connectivity index is 1.24. The van der Waals surface area contributed by atoms with Crippen molar-refractivity contribution in [2.24, 2.45) is 0 Å². The van der Waals surface area contributed by atoms with Crippen molar-refractivity contribution in [3.63, 3.8) is 0 Å². The van der Waals surface area contributed by atoms with E-state index in [1.54, 1.807) is 34.1 Å². The molecule has 0 aliphatic carbocycles. The summed E-state index contributed by atoms with van der Waals surface area (Å²) in [5.41, 5.74) is 0.796. The van der Waals surface area contributed by atoms with Crippen molar-refractivity contribution in [2.75, 3.05) is 44.2 Å². The number of Topliss-reactive ketones (excluding diaryl/α,β-unsaturated/α-hetero) is 1. The topological polar surface area (TPSA) is 86.1 Å². The van der Waals surface area contributed by atoms with E-state index in [2.05, 4.69) is 5.32 Å². The van der Waals surface area contributed by atoms with Crippen LogP contribution in [0.3, 0.4) is 0 Å². The maximum Gasteiger partial charge on any atom is 0.317 e. The molecule has 0 radical (unpaired) electrons. The standard InChI is InChI=1S/C23H27FN4O4/c1-16(29)17-4-5-20(19(24)15-17)26-10-12-28(13-11-26)23(31)25-18-6-8-27(9-7-18)22(30)21-3-2-14-32-21/h2-5,14-15,18H,6-13H2,1H3,(H,25,31). The van der Waals surface area contributed by atoms with E-state index in [9.17, 15) is 18.8 Å². The van der Waals surface area contributed by atoms with E-state index in [4.69, 9.17) is 4.42 Å². The van der Waals surface area contributed by atoms with Crippen LogP contribution in [0.1, 0.15) is 40.7 Å². The quantitative estimate of drug-likeness (QED) is 0.736. The van der Waals surface area contributed by atoms with E-state index >= 15 is 0 Å². The van der Waals surface area contributed by atoms with E-state index in [-0.39, 0.29) is 23.8 Å². The summed E-state index contributed by atoms with van der Waals surface area (Å²) in [5.74, 6) is -0.392. The average molecular weight is 442 g/mol. The van der Waals surface area contributed by atoms with Gasteiger partial charge in [-0.25, -0.2) is 9.18 Å². The molecule has 3 amide bonds. The number of benzene rings is 1. The Morgan fingerprint density at radius 3 is 2.31 bits per heavy atom. The Kier molecular flexibility index (Phi) is 6.43. The Morgan fingerprint density at radius 2 is 1.72 bits per heavy atom. The minimum absolute atomic E-state index is 0.0118. The zero-order valence-corrected chi connectivity index (χ0v) is 18.1. The molecule has 170 valence electrons. The normalized spacial score (nSPS) is 17.4. The molecule has 2 aromatic rings. The number of halogens is 1. The lowest BCUT2D eigenvalue weighted by molar-refractivity contribution is 0.0674. The van der Waals surface area contributed by atoms with Gasteiger partial charge in [0.15, 0.2) is 11.5 Å². The number of ketones is 1. The second kappa shape index (κ2) is 9.42. The van der Waals surface area contributed by atoms with Gasteiger partial charge in [0, 0.05) is 50.9 Å². The number of anilines is 1. The molecule has 2 fully saturated rings. The van der Waals surface area contributed by atoms with Crippen LogP contribution in [-0.4, -0.2) is 72.8 Å². The summed E-state index contributed by atoms with van der Waals surface area (Å²) in [4.78, 5) is 41.8. The van der Waals surface area contributed by atoms with Crippen molar-refractivity contribution >= 4 is 23.4 Å². The molecule has 0 atom stereocenters. The van der Waals surface area contributed by atoms with Crippen LogP contribution in [0, 0.1) is 5.82 Å². The fraction of sp³-hybridized carbons (Fsp3) is 0.435. The number of nitrogens with zero attached hydrogens (tertiary/aromatic N) is 3. The summed E-state index contributed by atoms with van der Waals surface area (Å²) in [5, 5.41) is 3.06. The van der Waals surface area contributed by atoms with Crippen LogP contribution in [0.25, 0.3) is 0 Å². The van der Waals surface area contributed by atoms with Gasteiger partial charge in [-0.1, -0.05) is 0 Å². The number of nitrogens with one attached hydrogen (secondary N) is 1. The molecule has 2 aliphatic rings. The number of hydrogen-bond donors (Lipinski definition) is 1. The maximum atomic E-state index is 14.4. The number of hydrogen-bond acceptors (Lipinski definition) is 5. The van der Waals surface area contributed by atoms with Crippen LogP contribution in [0.2, 0.25) is 0 Å². The van der Waals surface area contributed by atoms with Crippen molar-refractivity contribution in [3.8, 4) is 0 Å². The Hall–Kier alpha value is -3.36. The van der Waals surface area contributed by atoms with E-state index < -0.39 is 5.82 Å². The Bertz CT molecular complexity index is 978. The molecule has 1 N–H and O–H groups in total. The number of piperidine rings is 1. The zero-order chi connectivity index (χ0) is 22.7. The van der Waals surface area contributed by atoms with Crippen molar-refractivity contribution in [1.29, 1.82) is 0 Å². The molecule has 1 aromatic heterocycles. The van der Waals surface area contributed by atoms with Gasteiger partial charge >= 0.3 is 6.03 Å². The van der Waals surface area contributed by atoms with Crippen LogP contribution in [0.15, 0.2) is 41.0 Å². The van der Waals surface area contributed by atoms with Crippen LogP contribution in [-0.2, 0) is 0 Å². The highest BCUT2D eigenvalue weighted by Gasteiger charge is 2.28. The average Bonchev–Trinajstić information content (AvgIpc) is 3.34. The summed E-state index contributed by atoms with van der Waals surface area (Å²) in [6.45, 7) is 4.53. The number of furan rings is 1. The molecule has 32 heavy (non-hydrogen) atoms. The fourth-order valence-electron chi connectivity index (χ4n) is 4.18. The van der Waals surface area contributed by atoms with E-state index in [1.807, 2.05) is 4.90 Å². The molecule has 0 spiro atoms. The lowest BCUT2D eigenvalue weighted by atomic mass is 10.0. The first-order valence-electron chi connectivity index (χ1n) is 10.9. The van der Waals surface area contributed by atoms with Gasteiger partial charge in [-0.15, -0.1) is 0 Å². The Labute approximate surface area is 185 Å². The third-order valence-electron chi connectivity index (χ3n) is 6.10. The predicted octanol–water partition coefficient (Wildman–Crippen LogP) is 2.76. The summed E-state index contributed by atoms with van der Waals surface area (Å²) < 4.78 is 19.6. The number of amides is 3. The molecule has 2 saturated heterocycles. The summed E-state index contributed by atoms with van der Waals surface area (Å²) in [7, 11) is 0. The number of piperazine rings is 1. The van der Waals surface area contributed by atoms with Gasteiger partial charge < -0.3 is 24.4 Å². The summed E-state index contributed by atoms with van der Waals surface area (Å²) in [6.07, 6.45) is 2.85. The SMILES string of the molecule is CC(=O)c1ccc(N2CCN(C(=O)NC3CCN(C(=O)c4ccco4)CC3)CC2)c(F)c1. The van der Waals surface area contributed by atoms with Gasteiger partial charge in [0.2, 0.25) is 0 Å². The molecule has 1 aromatic carbocycles. The molecule has 0 unspecified atom stereocenters. The summed E-state index contributed by atoms with van der Waals surface area (Å²) >= 11 is 0. The van der Waals surface area contributed by atoms with E-state index in [0.29, 0.717) is 69.1 Å². The van der Waals surface area contributed by atoms with Gasteiger partial charge in [0.05, 0.1) is 12.0 Å². The van der Waals surface area contributed by atoms with Gasteiger partial charge in [0.25, 0.3) is 5.91 Å². The number of urea groups is 1. The van der Waals surface area contributed by atoms with E-state index in [1.165, 1.54) is 19.3 Å². The van der Waals surface area contributed by atoms with Crippen molar-refractivity contribution in [3.05, 3.63) is 53.7 Å². The monoisotopic (exact) mass is 442 g/mol. The van der Waals surface area contributed by atoms with Crippen LogP contribution < -0.4 is 10.2 Å². The van der Waals surface area contributed by atoms with Gasteiger partial charge in [-0.2, -0.15) is 0 Å². The minimum Gasteiger partial charge on any atom is -0.459 e. The maximum absolute atomic E-state index is 14.4. The first-order valence-corrected chi connectivity index (χ1v) is 10.9. The smallest absolute Gasteiger partial charge is 0.317 e. The minimum atomic E-state index is -0.425. The molecule has 0 bridgehead atoms. The number of carbonyl (C=O) groups excluding carboxylic acids is 3. The molecular weight excluding hydrogens is 415 g/mol. The van der Waals surface area contributed by atoms with Crippen molar-refractivity contribution < 1.29 is 23.2 Å². The number of rotatable bonds is 4. The van der Waals surface area contributed by atoms with Crippen LogP contribution >= 0.6 is 0 Å². The number of carbonyl (C=O) groups is 3. The molecular formula is C23H27FN4O4.